The van der Waals surface area contributed by atoms with Crippen LogP contribution in [0.3, 0.4) is 0 Å². The van der Waals surface area contributed by atoms with Gasteiger partial charge in [0.2, 0.25) is 0 Å². The first-order valence-electron chi connectivity index (χ1n) is 12.9. The maximum Gasteiger partial charge on any atom is 0.254 e. The quantitative estimate of drug-likeness (QED) is 0.459. The van der Waals surface area contributed by atoms with Gasteiger partial charge >= 0.3 is 0 Å². The molecule has 38 heavy (non-hydrogen) atoms. The van der Waals surface area contributed by atoms with Gasteiger partial charge < -0.3 is 24.5 Å². The molecular weight excluding hydrogens is 549 g/mol. The fourth-order valence-electron chi connectivity index (χ4n) is 5.63. The molecule has 1 aromatic heterocycles. The van der Waals surface area contributed by atoms with Gasteiger partial charge in [0.05, 0.1) is 21.7 Å². The Balaban J connectivity index is 1.26. The minimum atomic E-state index is -0.443. The standard InChI is InChI=1S/C27H33Cl2N3O5S/c1-14-8-22(38-3)19(27(34)31-14)10-30-26(33)18-9-20(28)24-25(23(18)29)37-21(13-36-24)15-4-6-16(7-5-15)32-11-17(12-32)35-2/h8-9,15-17,21H,4-7,10-13H2,1-3H3,(H,30,33)(H,31,34)/t15?,16?,21-/m1/s1. The van der Waals surface area contributed by atoms with Crippen molar-refractivity contribution in [1.29, 1.82) is 0 Å². The Labute approximate surface area is 236 Å². The van der Waals surface area contributed by atoms with E-state index < -0.39 is 5.91 Å². The topological polar surface area (TPSA) is 92.9 Å². The fraction of sp³-hybridized carbons (Fsp3) is 0.556. The molecular formula is C27H33Cl2N3O5S. The molecule has 2 aliphatic heterocycles. The van der Waals surface area contributed by atoms with Crippen LogP contribution in [0.25, 0.3) is 0 Å². The number of methoxy groups -OCH3 is 1. The summed E-state index contributed by atoms with van der Waals surface area (Å²) in [7, 11) is 1.77. The fourth-order valence-corrected chi connectivity index (χ4v) is 6.86. The number of carbonyl (C=O) groups is 1. The van der Waals surface area contributed by atoms with Gasteiger partial charge in [-0.3, -0.25) is 14.5 Å². The zero-order chi connectivity index (χ0) is 27.0. The zero-order valence-corrected chi connectivity index (χ0v) is 24.1. The van der Waals surface area contributed by atoms with E-state index in [9.17, 15) is 9.59 Å². The third-order valence-corrected chi connectivity index (χ3v) is 9.36. The van der Waals surface area contributed by atoms with Crippen molar-refractivity contribution in [3.8, 4) is 11.5 Å². The van der Waals surface area contributed by atoms with E-state index in [-0.39, 0.29) is 33.8 Å². The Morgan fingerprint density at radius 2 is 1.95 bits per heavy atom. The number of amides is 1. The Hall–Kier alpha value is -1.91. The normalized spacial score (nSPS) is 23.7. The first kappa shape index (κ1) is 27.6. The highest BCUT2D eigenvalue weighted by Gasteiger charge is 2.39. The molecule has 0 bridgehead atoms. The second kappa shape index (κ2) is 11.7. The number of aryl methyl sites for hydroxylation is 1. The number of hydrogen-bond donors (Lipinski definition) is 2. The number of benzene rings is 1. The Morgan fingerprint density at radius 3 is 2.63 bits per heavy atom. The predicted molar refractivity (Wildman–Crippen MR) is 149 cm³/mol. The number of aromatic amines is 1. The molecule has 1 aliphatic carbocycles. The number of rotatable bonds is 7. The molecule has 8 nitrogen and oxygen atoms in total. The van der Waals surface area contributed by atoms with Gasteiger partial charge in [0.1, 0.15) is 12.7 Å². The van der Waals surface area contributed by atoms with Gasteiger partial charge in [-0.1, -0.05) is 23.2 Å². The highest BCUT2D eigenvalue weighted by atomic mass is 35.5. The van der Waals surface area contributed by atoms with E-state index in [4.69, 9.17) is 37.4 Å². The summed E-state index contributed by atoms with van der Waals surface area (Å²) in [6.07, 6.45) is 6.40. The number of fused-ring (bicyclic) bond motifs is 1. The molecule has 0 spiro atoms. The molecule has 11 heteroatoms. The molecule has 3 heterocycles. The van der Waals surface area contributed by atoms with E-state index in [2.05, 4.69) is 15.2 Å². The molecule has 1 aromatic carbocycles. The first-order valence-corrected chi connectivity index (χ1v) is 14.9. The molecule has 2 fully saturated rings. The molecule has 0 unspecified atom stereocenters. The van der Waals surface area contributed by atoms with Gasteiger partial charge in [-0.25, -0.2) is 0 Å². The summed E-state index contributed by atoms with van der Waals surface area (Å²) in [5, 5.41) is 3.23. The van der Waals surface area contributed by atoms with Gasteiger partial charge in [0.15, 0.2) is 11.5 Å². The minimum absolute atomic E-state index is 0.0566. The lowest BCUT2D eigenvalue weighted by Crippen LogP contribution is -2.57. The van der Waals surface area contributed by atoms with E-state index >= 15 is 0 Å². The molecule has 3 aliphatic rings. The van der Waals surface area contributed by atoms with Crippen LogP contribution in [0.2, 0.25) is 10.0 Å². The van der Waals surface area contributed by atoms with Crippen molar-refractivity contribution in [2.75, 3.05) is 33.1 Å². The molecule has 1 atom stereocenters. The van der Waals surface area contributed by atoms with E-state index in [0.29, 0.717) is 41.7 Å². The van der Waals surface area contributed by atoms with Crippen molar-refractivity contribution in [3.05, 3.63) is 49.4 Å². The van der Waals surface area contributed by atoms with Gasteiger partial charge in [-0.05, 0) is 56.9 Å². The van der Waals surface area contributed by atoms with Crippen molar-refractivity contribution in [2.24, 2.45) is 5.92 Å². The molecule has 206 valence electrons. The second-order valence-corrected chi connectivity index (χ2v) is 11.9. The van der Waals surface area contributed by atoms with Crippen molar-refractivity contribution >= 4 is 40.9 Å². The van der Waals surface area contributed by atoms with Gasteiger partial charge in [0.25, 0.3) is 11.5 Å². The summed E-state index contributed by atoms with van der Waals surface area (Å²) in [6.45, 7) is 4.30. The minimum Gasteiger partial charge on any atom is -0.484 e. The predicted octanol–water partition coefficient (Wildman–Crippen LogP) is 4.67. The van der Waals surface area contributed by atoms with Crippen molar-refractivity contribution in [2.45, 2.75) is 62.3 Å². The van der Waals surface area contributed by atoms with E-state index in [1.807, 2.05) is 19.2 Å². The number of likely N-dealkylation sites (tertiary alicyclic amines) is 1. The molecule has 2 aromatic rings. The third kappa shape index (κ3) is 5.54. The smallest absolute Gasteiger partial charge is 0.254 e. The molecule has 5 rings (SSSR count). The van der Waals surface area contributed by atoms with E-state index in [0.717, 1.165) is 49.4 Å². The van der Waals surface area contributed by atoms with Crippen molar-refractivity contribution in [3.63, 3.8) is 0 Å². The molecule has 2 N–H and O–H groups in total. The number of aromatic nitrogens is 1. The maximum atomic E-state index is 13.1. The van der Waals surface area contributed by atoms with Crippen LogP contribution < -0.4 is 20.3 Å². The number of thioether (sulfide) groups is 1. The number of hydrogen-bond acceptors (Lipinski definition) is 7. The van der Waals surface area contributed by atoms with Crippen molar-refractivity contribution < 1.29 is 19.0 Å². The van der Waals surface area contributed by atoms with Crippen LogP contribution in [-0.2, 0) is 11.3 Å². The molecule has 1 saturated heterocycles. The van der Waals surface area contributed by atoms with Gasteiger partial charge in [-0.2, -0.15) is 0 Å². The average molecular weight is 583 g/mol. The lowest BCUT2D eigenvalue weighted by atomic mass is 9.81. The lowest BCUT2D eigenvalue weighted by molar-refractivity contribution is -0.0649. The van der Waals surface area contributed by atoms with Crippen molar-refractivity contribution in [1.82, 2.24) is 15.2 Å². The highest BCUT2D eigenvalue weighted by Crippen LogP contribution is 2.47. The second-order valence-electron chi connectivity index (χ2n) is 10.2. The van der Waals surface area contributed by atoms with Crippen LogP contribution >= 0.6 is 35.0 Å². The largest absolute Gasteiger partial charge is 0.484 e. The van der Waals surface area contributed by atoms with Crippen LogP contribution in [-0.4, -0.2) is 67.1 Å². The Bertz CT molecular complexity index is 1260. The van der Waals surface area contributed by atoms with Gasteiger partial charge in [0, 0.05) is 48.9 Å². The molecule has 0 radical (unpaired) electrons. The molecule has 1 saturated carbocycles. The van der Waals surface area contributed by atoms with Crippen LogP contribution in [0.5, 0.6) is 11.5 Å². The number of nitrogens with one attached hydrogen (secondary N) is 2. The Morgan fingerprint density at radius 1 is 1.21 bits per heavy atom. The summed E-state index contributed by atoms with van der Waals surface area (Å²) >= 11 is 14.6. The summed E-state index contributed by atoms with van der Waals surface area (Å²) < 4.78 is 17.8. The number of H-pyrrole nitrogens is 1. The highest BCUT2D eigenvalue weighted by molar-refractivity contribution is 7.98. The van der Waals surface area contributed by atoms with E-state index in [1.54, 1.807) is 7.11 Å². The summed E-state index contributed by atoms with van der Waals surface area (Å²) in [6, 6.07) is 3.96. The van der Waals surface area contributed by atoms with Crippen LogP contribution in [0.1, 0.15) is 47.3 Å². The molecule has 1 amide bonds. The number of nitrogens with zero attached hydrogens (tertiary/aromatic N) is 1. The third-order valence-electron chi connectivity index (χ3n) is 7.90. The summed E-state index contributed by atoms with van der Waals surface area (Å²) in [4.78, 5) is 31.7. The monoisotopic (exact) mass is 581 g/mol. The average Bonchev–Trinajstić information content (AvgIpc) is 2.89. The van der Waals surface area contributed by atoms with Gasteiger partial charge in [-0.15, -0.1) is 11.8 Å². The maximum absolute atomic E-state index is 13.1. The number of halogens is 2. The summed E-state index contributed by atoms with van der Waals surface area (Å²) in [5.41, 5.74) is 1.21. The summed E-state index contributed by atoms with van der Waals surface area (Å²) in [5.74, 6) is 0.571. The number of carbonyl (C=O) groups excluding carboxylic acids is 1. The lowest BCUT2D eigenvalue weighted by Gasteiger charge is -2.46. The van der Waals surface area contributed by atoms with Crippen LogP contribution in [0, 0.1) is 12.8 Å². The van der Waals surface area contributed by atoms with Crippen LogP contribution in [0.4, 0.5) is 0 Å². The van der Waals surface area contributed by atoms with Crippen LogP contribution in [0.15, 0.2) is 21.8 Å². The number of pyridine rings is 1. The Kier molecular flexibility index (Phi) is 8.50. The zero-order valence-electron chi connectivity index (χ0n) is 21.8. The van der Waals surface area contributed by atoms with E-state index in [1.165, 1.54) is 17.8 Å². The number of ether oxygens (including phenoxy) is 3. The SMILES string of the molecule is COC1CN(C2CCC([C@H]3COc4c(Cl)cc(C(=O)NCc5c(SC)cc(C)[nH]c5=O)c(Cl)c4O3)CC2)C1. The first-order chi connectivity index (χ1) is 18.3.